The number of phenols is 1. The van der Waals surface area contributed by atoms with Gasteiger partial charge in [-0.3, -0.25) is 9.69 Å². The highest BCUT2D eigenvalue weighted by molar-refractivity contribution is 9.10. The number of hydrogen-bond donors (Lipinski definition) is 1. The lowest BCUT2D eigenvalue weighted by molar-refractivity contribution is -0.122. The standard InChI is InChI=1S/C19H16BrNO4S2/c1-24-13-5-3-11(4-6-13)10-21-18(23)16(27-19(21)26)9-12-7-14(20)17(22)15(8-12)25-2/h3-9,22H,10H2,1-2H3/b16-9-. The zero-order valence-electron chi connectivity index (χ0n) is 14.6. The molecule has 0 unspecified atom stereocenters. The summed E-state index contributed by atoms with van der Waals surface area (Å²) >= 11 is 9.92. The number of hydrogen-bond acceptors (Lipinski definition) is 6. The van der Waals surface area contributed by atoms with E-state index in [2.05, 4.69) is 15.9 Å². The second-order valence-electron chi connectivity index (χ2n) is 5.67. The minimum atomic E-state index is -0.149. The third-order valence-electron chi connectivity index (χ3n) is 3.94. The lowest BCUT2D eigenvalue weighted by Gasteiger charge is -2.14. The number of nitrogens with zero attached hydrogens (tertiary/aromatic N) is 1. The van der Waals surface area contributed by atoms with Crippen molar-refractivity contribution in [1.29, 1.82) is 0 Å². The van der Waals surface area contributed by atoms with E-state index >= 15 is 0 Å². The minimum Gasteiger partial charge on any atom is -0.503 e. The number of halogens is 1. The minimum absolute atomic E-state index is 0.0155. The molecule has 140 valence electrons. The van der Waals surface area contributed by atoms with Crippen LogP contribution in [-0.2, 0) is 11.3 Å². The fraction of sp³-hybridized carbons (Fsp3) is 0.158. The molecule has 0 saturated carbocycles. The van der Waals surface area contributed by atoms with Crippen molar-refractivity contribution in [2.75, 3.05) is 14.2 Å². The van der Waals surface area contributed by atoms with Gasteiger partial charge >= 0.3 is 0 Å². The molecular weight excluding hydrogens is 450 g/mol. The summed E-state index contributed by atoms with van der Waals surface area (Å²) in [4.78, 5) is 14.9. The predicted molar refractivity (Wildman–Crippen MR) is 114 cm³/mol. The molecule has 2 aromatic rings. The normalized spacial score (nSPS) is 15.5. The second-order valence-corrected chi connectivity index (χ2v) is 8.20. The fourth-order valence-electron chi connectivity index (χ4n) is 2.53. The summed E-state index contributed by atoms with van der Waals surface area (Å²) in [6.07, 6.45) is 1.74. The van der Waals surface area contributed by atoms with Crippen molar-refractivity contribution in [3.05, 3.63) is 56.9 Å². The Kier molecular flexibility index (Phi) is 6.08. The Morgan fingerprint density at radius 1 is 1.22 bits per heavy atom. The highest BCUT2D eigenvalue weighted by atomic mass is 79.9. The number of thioether (sulfide) groups is 1. The van der Waals surface area contributed by atoms with Crippen molar-refractivity contribution in [1.82, 2.24) is 4.90 Å². The van der Waals surface area contributed by atoms with Gasteiger partial charge in [-0.15, -0.1) is 0 Å². The van der Waals surface area contributed by atoms with E-state index in [9.17, 15) is 9.90 Å². The lowest BCUT2D eigenvalue weighted by atomic mass is 10.1. The van der Waals surface area contributed by atoms with Gasteiger partial charge in [0.25, 0.3) is 5.91 Å². The first kappa shape index (κ1) is 19.7. The Morgan fingerprint density at radius 2 is 1.93 bits per heavy atom. The van der Waals surface area contributed by atoms with Crippen LogP contribution < -0.4 is 9.47 Å². The van der Waals surface area contributed by atoms with Gasteiger partial charge in [-0.05, 0) is 57.4 Å². The first-order valence-electron chi connectivity index (χ1n) is 7.87. The maximum atomic E-state index is 12.8. The van der Waals surface area contributed by atoms with Crippen LogP contribution in [0.4, 0.5) is 0 Å². The summed E-state index contributed by atoms with van der Waals surface area (Å²) < 4.78 is 11.3. The first-order valence-corrected chi connectivity index (χ1v) is 9.89. The highest BCUT2D eigenvalue weighted by Crippen LogP contribution is 2.38. The number of carbonyl (C=O) groups excluding carboxylic acids is 1. The van der Waals surface area contributed by atoms with E-state index in [1.165, 1.54) is 18.9 Å². The summed E-state index contributed by atoms with van der Waals surface area (Å²) in [5.41, 5.74) is 1.68. The van der Waals surface area contributed by atoms with Crippen LogP contribution in [0.15, 0.2) is 45.8 Å². The van der Waals surface area contributed by atoms with E-state index < -0.39 is 0 Å². The van der Waals surface area contributed by atoms with Crippen molar-refractivity contribution < 1.29 is 19.4 Å². The van der Waals surface area contributed by atoms with Crippen LogP contribution >= 0.6 is 39.9 Å². The van der Waals surface area contributed by atoms with Gasteiger partial charge in [-0.25, -0.2) is 0 Å². The van der Waals surface area contributed by atoms with Crippen LogP contribution in [0.1, 0.15) is 11.1 Å². The fourth-order valence-corrected chi connectivity index (χ4v) is 4.25. The highest BCUT2D eigenvalue weighted by Gasteiger charge is 2.32. The molecule has 0 atom stereocenters. The molecule has 2 aromatic carbocycles. The van der Waals surface area contributed by atoms with Gasteiger partial charge in [0.1, 0.15) is 10.1 Å². The molecule has 0 aromatic heterocycles. The molecule has 1 aliphatic rings. The number of ether oxygens (including phenoxy) is 2. The van der Waals surface area contributed by atoms with E-state index in [0.717, 1.165) is 16.9 Å². The number of thiocarbonyl (C=S) groups is 1. The molecule has 27 heavy (non-hydrogen) atoms. The van der Waals surface area contributed by atoms with Gasteiger partial charge in [0, 0.05) is 0 Å². The third kappa shape index (κ3) is 4.28. The molecule has 8 heteroatoms. The van der Waals surface area contributed by atoms with E-state index in [4.69, 9.17) is 21.7 Å². The van der Waals surface area contributed by atoms with Gasteiger partial charge in [0.2, 0.25) is 0 Å². The van der Waals surface area contributed by atoms with Crippen molar-refractivity contribution >= 4 is 56.2 Å². The Hall–Kier alpha value is -2.03. The molecule has 1 fully saturated rings. The molecule has 0 spiro atoms. The number of benzene rings is 2. The number of rotatable bonds is 5. The Morgan fingerprint density at radius 3 is 2.56 bits per heavy atom. The smallest absolute Gasteiger partial charge is 0.266 e. The largest absolute Gasteiger partial charge is 0.503 e. The molecule has 0 radical (unpaired) electrons. The Labute approximate surface area is 175 Å². The van der Waals surface area contributed by atoms with E-state index in [0.29, 0.717) is 26.0 Å². The molecule has 1 saturated heterocycles. The average Bonchev–Trinajstić information content (AvgIpc) is 2.92. The quantitative estimate of drug-likeness (QED) is 0.515. The molecule has 5 nitrogen and oxygen atoms in total. The Bertz CT molecular complexity index is 928. The zero-order valence-corrected chi connectivity index (χ0v) is 17.8. The van der Waals surface area contributed by atoms with Crippen LogP contribution in [0.2, 0.25) is 0 Å². The molecule has 1 amide bonds. The van der Waals surface area contributed by atoms with Crippen LogP contribution in [-0.4, -0.2) is 34.5 Å². The summed E-state index contributed by atoms with van der Waals surface area (Å²) in [7, 11) is 3.08. The van der Waals surface area contributed by atoms with Crippen LogP contribution in [0.5, 0.6) is 17.2 Å². The first-order chi connectivity index (χ1) is 12.9. The number of amides is 1. The molecular formula is C19H16BrNO4S2. The van der Waals surface area contributed by atoms with E-state index in [-0.39, 0.29) is 11.7 Å². The Balaban J connectivity index is 1.83. The van der Waals surface area contributed by atoms with Gasteiger partial charge in [0.15, 0.2) is 11.5 Å². The SMILES string of the molecule is COc1ccc(CN2C(=O)/C(=C/c3cc(Br)c(O)c(OC)c3)SC2=S)cc1. The maximum absolute atomic E-state index is 12.8. The number of carbonyl (C=O) groups is 1. The number of phenolic OH excluding ortho intramolecular Hbond substituents is 1. The molecule has 1 N–H and O–H groups in total. The van der Waals surface area contributed by atoms with E-state index in [1.807, 2.05) is 24.3 Å². The number of aromatic hydroxyl groups is 1. The summed E-state index contributed by atoms with van der Waals surface area (Å²) in [6.45, 7) is 0.397. The van der Waals surface area contributed by atoms with Gasteiger partial charge < -0.3 is 14.6 Å². The number of methoxy groups -OCH3 is 2. The van der Waals surface area contributed by atoms with Crippen molar-refractivity contribution in [3.63, 3.8) is 0 Å². The monoisotopic (exact) mass is 465 g/mol. The molecule has 0 aliphatic carbocycles. The van der Waals surface area contributed by atoms with Gasteiger partial charge in [0.05, 0.1) is 30.1 Å². The summed E-state index contributed by atoms with van der Waals surface area (Å²) in [5.74, 6) is 0.950. The third-order valence-corrected chi connectivity index (χ3v) is 5.92. The molecule has 1 aliphatic heterocycles. The van der Waals surface area contributed by atoms with E-state index in [1.54, 1.807) is 30.2 Å². The van der Waals surface area contributed by atoms with Crippen LogP contribution in [0, 0.1) is 0 Å². The topological polar surface area (TPSA) is 59.0 Å². The van der Waals surface area contributed by atoms with Crippen molar-refractivity contribution in [2.45, 2.75) is 6.54 Å². The lowest BCUT2D eigenvalue weighted by Crippen LogP contribution is -2.27. The second kappa shape index (κ2) is 8.33. The van der Waals surface area contributed by atoms with Crippen molar-refractivity contribution in [2.24, 2.45) is 0 Å². The molecule has 3 rings (SSSR count). The van der Waals surface area contributed by atoms with Crippen molar-refractivity contribution in [3.8, 4) is 17.2 Å². The zero-order chi connectivity index (χ0) is 19.6. The molecule has 0 bridgehead atoms. The predicted octanol–water partition coefficient (Wildman–Crippen LogP) is 4.57. The average molecular weight is 466 g/mol. The van der Waals surface area contributed by atoms with Gasteiger partial charge in [-0.2, -0.15) is 0 Å². The van der Waals surface area contributed by atoms with Crippen LogP contribution in [0.25, 0.3) is 6.08 Å². The van der Waals surface area contributed by atoms with Crippen LogP contribution in [0.3, 0.4) is 0 Å². The summed E-state index contributed by atoms with van der Waals surface area (Å²) in [5, 5.41) is 9.92. The summed E-state index contributed by atoms with van der Waals surface area (Å²) in [6, 6.07) is 10.9. The van der Waals surface area contributed by atoms with Gasteiger partial charge in [-0.1, -0.05) is 36.1 Å². The molecule has 1 heterocycles. The maximum Gasteiger partial charge on any atom is 0.266 e.